The van der Waals surface area contributed by atoms with Gasteiger partial charge in [-0.25, -0.2) is 8.42 Å². The predicted octanol–water partition coefficient (Wildman–Crippen LogP) is 0.0902. The van der Waals surface area contributed by atoms with Crippen molar-refractivity contribution in [2.75, 3.05) is 32.1 Å². The highest BCUT2D eigenvalue weighted by Gasteiger charge is 2.29. The smallest absolute Gasteiger partial charge is 0.148 e. The Bertz CT molecular complexity index is 290. The van der Waals surface area contributed by atoms with Crippen LogP contribution in [0.15, 0.2) is 0 Å². The highest BCUT2D eigenvalue weighted by atomic mass is 32.2. The zero-order chi connectivity index (χ0) is 11.5. The minimum absolute atomic E-state index is 0.247. The molecule has 1 aliphatic carbocycles. The van der Waals surface area contributed by atoms with E-state index >= 15 is 0 Å². The Morgan fingerprint density at radius 1 is 1.40 bits per heavy atom. The molecule has 0 spiro atoms. The Kier molecular flexibility index (Phi) is 4.55. The maximum absolute atomic E-state index is 11.1. The SMILES string of the molecule is CN(CCS(C)(=O)=O)C1CCCC1CN. The van der Waals surface area contributed by atoms with Crippen LogP contribution in [0, 0.1) is 5.92 Å². The summed E-state index contributed by atoms with van der Waals surface area (Å²) >= 11 is 0. The van der Waals surface area contributed by atoms with E-state index in [0.717, 1.165) is 6.42 Å². The van der Waals surface area contributed by atoms with Crippen LogP contribution in [-0.2, 0) is 9.84 Å². The summed E-state index contributed by atoms with van der Waals surface area (Å²) in [6, 6.07) is 0.483. The fourth-order valence-electron chi connectivity index (χ4n) is 2.35. The van der Waals surface area contributed by atoms with Gasteiger partial charge in [0, 0.05) is 18.8 Å². The molecule has 0 saturated heterocycles. The third kappa shape index (κ3) is 4.09. The van der Waals surface area contributed by atoms with E-state index in [-0.39, 0.29) is 5.75 Å². The molecule has 1 saturated carbocycles. The largest absolute Gasteiger partial charge is 0.330 e. The summed E-state index contributed by atoms with van der Waals surface area (Å²) in [5.74, 6) is 0.798. The Morgan fingerprint density at radius 3 is 2.60 bits per heavy atom. The Balaban J connectivity index is 2.42. The third-order valence-corrected chi connectivity index (χ3v) is 4.23. The number of nitrogens with zero attached hydrogens (tertiary/aromatic N) is 1. The number of sulfone groups is 1. The molecule has 2 unspecified atom stereocenters. The first kappa shape index (κ1) is 12.9. The van der Waals surface area contributed by atoms with E-state index in [0.29, 0.717) is 25.0 Å². The van der Waals surface area contributed by atoms with Gasteiger partial charge < -0.3 is 10.6 Å². The lowest BCUT2D eigenvalue weighted by Gasteiger charge is -2.28. The van der Waals surface area contributed by atoms with Crippen LogP contribution < -0.4 is 5.73 Å². The molecule has 0 heterocycles. The van der Waals surface area contributed by atoms with Crippen molar-refractivity contribution in [1.82, 2.24) is 4.90 Å². The summed E-state index contributed by atoms with van der Waals surface area (Å²) in [6.45, 7) is 1.34. The van der Waals surface area contributed by atoms with Crippen LogP contribution in [0.5, 0.6) is 0 Å². The molecule has 0 amide bonds. The van der Waals surface area contributed by atoms with Gasteiger partial charge in [-0.1, -0.05) is 6.42 Å². The fraction of sp³-hybridized carbons (Fsp3) is 1.00. The summed E-state index contributed by atoms with van der Waals surface area (Å²) in [4.78, 5) is 2.16. The molecule has 5 heteroatoms. The molecule has 90 valence electrons. The van der Waals surface area contributed by atoms with Crippen LogP contribution in [-0.4, -0.2) is 51.5 Å². The molecule has 1 rings (SSSR count). The van der Waals surface area contributed by atoms with Crippen LogP contribution >= 0.6 is 0 Å². The van der Waals surface area contributed by atoms with Crippen LogP contribution in [0.4, 0.5) is 0 Å². The average Bonchev–Trinajstić information content (AvgIpc) is 2.60. The number of rotatable bonds is 5. The summed E-state index contributed by atoms with van der Waals surface area (Å²) in [5, 5.41) is 0. The lowest BCUT2D eigenvalue weighted by molar-refractivity contribution is 0.211. The zero-order valence-electron chi connectivity index (χ0n) is 9.65. The van der Waals surface area contributed by atoms with Crippen molar-refractivity contribution < 1.29 is 8.42 Å². The van der Waals surface area contributed by atoms with Gasteiger partial charge in [-0.2, -0.15) is 0 Å². The van der Waals surface area contributed by atoms with E-state index in [2.05, 4.69) is 4.90 Å². The molecule has 2 N–H and O–H groups in total. The van der Waals surface area contributed by atoms with Gasteiger partial charge in [-0.3, -0.25) is 0 Å². The van der Waals surface area contributed by atoms with Gasteiger partial charge in [0.15, 0.2) is 0 Å². The maximum Gasteiger partial charge on any atom is 0.148 e. The van der Waals surface area contributed by atoms with Gasteiger partial charge in [-0.15, -0.1) is 0 Å². The molecule has 0 aromatic carbocycles. The molecule has 4 nitrogen and oxygen atoms in total. The second kappa shape index (κ2) is 5.27. The van der Waals surface area contributed by atoms with Crippen molar-refractivity contribution in [1.29, 1.82) is 0 Å². The van der Waals surface area contributed by atoms with Crippen molar-refractivity contribution in [3.63, 3.8) is 0 Å². The van der Waals surface area contributed by atoms with Gasteiger partial charge >= 0.3 is 0 Å². The van der Waals surface area contributed by atoms with Crippen molar-refractivity contribution in [3.05, 3.63) is 0 Å². The van der Waals surface area contributed by atoms with E-state index in [1.807, 2.05) is 7.05 Å². The van der Waals surface area contributed by atoms with Crippen LogP contribution in [0.3, 0.4) is 0 Å². The monoisotopic (exact) mass is 234 g/mol. The first-order chi connectivity index (χ1) is 6.94. The maximum atomic E-state index is 11.1. The molecule has 0 aromatic rings. The fourth-order valence-corrected chi connectivity index (χ4v) is 2.97. The molecule has 1 aliphatic rings. The molecule has 0 aromatic heterocycles. The minimum atomic E-state index is -2.85. The predicted molar refractivity (Wildman–Crippen MR) is 62.5 cm³/mol. The molecular weight excluding hydrogens is 212 g/mol. The molecular formula is C10H22N2O2S. The van der Waals surface area contributed by atoms with Crippen molar-refractivity contribution >= 4 is 9.84 Å². The molecule has 15 heavy (non-hydrogen) atoms. The van der Waals surface area contributed by atoms with E-state index in [1.54, 1.807) is 0 Å². The molecule has 0 bridgehead atoms. The van der Waals surface area contributed by atoms with Crippen LogP contribution in [0.1, 0.15) is 19.3 Å². The van der Waals surface area contributed by atoms with Gasteiger partial charge in [-0.05, 0) is 32.4 Å². The molecule has 0 radical (unpaired) electrons. The van der Waals surface area contributed by atoms with Crippen molar-refractivity contribution in [2.45, 2.75) is 25.3 Å². The first-order valence-electron chi connectivity index (χ1n) is 5.52. The van der Waals surface area contributed by atoms with Gasteiger partial charge in [0.1, 0.15) is 9.84 Å². The third-order valence-electron chi connectivity index (χ3n) is 3.30. The molecule has 1 fully saturated rings. The van der Waals surface area contributed by atoms with Crippen molar-refractivity contribution in [2.24, 2.45) is 11.7 Å². The Hall–Kier alpha value is -0.130. The number of nitrogens with two attached hydrogens (primary N) is 1. The second-order valence-corrected chi connectivity index (χ2v) is 6.86. The van der Waals surface area contributed by atoms with E-state index in [1.165, 1.54) is 19.1 Å². The quantitative estimate of drug-likeness (QED) is 0.732. The summed E-state index contributed by atoms with van der Waals surface area (Å²) in [5.41, 5.74) is 5.70. The van der Waals surface area contributed by atoms with Gasteiger partial charge in [0.2, 0.25) is 0 Å². The lowest BCUT2D eigenvalue weighted by atomic mass is 10.0. The topological polar surface area (TPSA) is 63.4 Å². The number of hydrogen-bond acceptors (Lipinski definition) is 4. The zero-order valence-corrected chi connectivity index (χ0v) is 10.5. The molecule has 0 aliphatic heterocycles. The summed E-state index contributed by atoms with van der Waals surface area (Å²) < 4.78 is 22.1. The van der Waals surface area contributed by atoms with Crippen LogP contribution in [0.25, 0.3) is 0 Å². The highest BCUT2D eigenvalue weighted by Crippen LogP contribution is 2.28. The number of hydrogen-bond donors (Lipinski definition) is 1. The second-order valence-electron chi connectivity index (χ2n) is 4.60. The normalized spacial score (nSPS) is 27.5. The van der Waals surface area contributed by atoms with E-state index in [4.69, 9.17) is 5.73 Å². The standard InChI is InChI=1S/C10H22N2O2S/c1-12(6-7-15(2,13)14)10-5-3-4-9(10)8-11/h9-10H,3-8,11H2,1-2H3. The van der Waals surface area contributed by atoms with Gasteiger partial charge in [0.25, 0.3) is 0 Å². The van der Waals surface area contributed by atoms with Gasteiger partial charge in [0.05, 0.1) is 5.75 Å². The first-order valence-corrected chi connectivity index (χ1v) is 7.58. The Morgan fingerprint density at radius 2 is 2.07 bits per heavy atom. The van der Waals surface area contributed by atoms with E-state index in [9.17, 15) is 8.42 Å². The highest BCUT2D eigenvalue weighted by molar-refractivity contribution is 7.90. The summed E-state index contributed by atoms with van der Waals surface area (Å²) in [7, 11) is -0.842. The van der Waals surface area contributed by atoms with Crippen molar-refractivity contribution in [3.8, 4) is 0 Å². The average molecular weight is 234 g/mol. The summed E-state index contributed by atoms with van der Waals surface area (Å²) in [6.07, 6.45) is 4.85. The van der Waals surface area contributed by atoms with E-state index < -0.39 is 9.84 Å². The minimum Gasteiger partial charge on any atom is -0.330 e. The van der Waals surface area contributed by atoms with Crippen LogP contribution in [0.2, 0.25) is 0 Å². The molecule has 2 atom stereocenters. The lowest BCUT2D eigenvalue weighted by Crippen LogP contribution is -2.39. The Labute approximate surface area is 92.7 Å².